The Kier molecular flexibility index (Phi) is 5.63. The predicted molar refractivity (Wildman–Crippen MR) is 95.1 cm³/mol. The molecule has 0 spiro atoms. The molecule has 0 atom stereocenters. The Morgan fingerprint density at radius 1 is 0.967 bits per heavy atom. The summed E-state index contributed by atoms with van der Waals surface area (Å²) in [6.45, 7) is 2.03. The van der Waals surface area contributed by atoms with Crippen LogP contribution in [0.2, 0.25) is 0 Å². The Hall–Kier alpha value is -3.25. The van der Waals surface area contributed by atoms with Crippen LogP contribution in [0.4, 0.5) is 13.2 Å². The highest BCUT2D eigenvalue weighted by Crippen LogP contribution is 2.32. The minimum Gasteiger partial charge on any atom is -0.741 e. The van der Waals surface area contributed by atoms with Gasteiger partial charge in [-0.2, -0.15) is 17.7 Å². The molecule has 30 heavy (non-hydrogen) atoms. The van der Waals surface area contributed by atoms with Gasteiger partial charge in [0.15, 0.2) is 21.6 Å². The molecule has 0 fully saturated rings. The van der Waals surface area contributed by atoms with Gasteiger partial charge in [-0.15, -0.1) is 0 Å². The van der Waals surface area contributed by atoms with E-state index in [1.807, 2.05) is 54.9 Å². The number of hydrogen-bond donors (Lipinski definition) is 0. The van der Waals surface area contributed by atoms with Crippen LogP contribution in [0.5, 0.6) is 0 Å². The maximum atomic E-state index is 10.7. The fourth-order valence-corrected chi connectivity index (χ4v) is 2.74. The lowest BCUT2D eigenvalue weighted by Crippen LogP contribution is -2.34. The number of aromatic nitrogens is 2. The minimum absolute atomic E-state index is 0.734. The fraction of sp³-hybridized carbons (Fsp3) is 0.167. The topological polar surface area (TPSA) is 105 Å². The molecule has 4 heterocycles. The second kappa shape index (κ2) is 7.88. The largest absolute Gasteiger partial charge is 0.741 e. The highest BCUT2D eigenvalue weighted by molar-refractivity contribution is 7.86. The molecule has 0 aromatic carbocycles. The molecule has 0 amide bonds. The Bertz CT molecular complexity index is 1150. The van der Waals surface area contributed by atoms with Gasteiger partial charge in [0.05, 0.1) is 25.8 Å². The third-order valence-electron chi connectivity index (χ3n) is 4.11. The smallest absolute Gasteiger partial charge is 0.485 e. The van der Waals surface area contributed by atoms with E-state index in [2.05, 4.69) is 4.57 Å². The molecule has 4 aromatic heterocycles. The summed E-state index contributed by atoms with van der Waals surface area (Å²) in [6, 6.07) is 11.4. The lowest BCUT2D eigenvalue weighted by atomic mass is 10.2. The number of imidazole rings is 1. The predicted octanol–water partition coefficient (Wildman–Crippen LogP) is 3.77. The van der Waals surface area contributed by atoms with Crippen LogP contribution in [0, 0.1) is 6.92 Å². The van der Waals surface area contributed by atoms with Crippen molar-refractivity contribution in [2.75, 3.05) is 0 Å². The molecule has 0 N–H and O–H groups in total. The van der Waals surface area contributed by atoms with Gasteiger partial charge in [0, 0.05) is 13.0 Å². The Balaban J connectivity index is 0.000000275. The van der Waals surface area contributed by atoms with E-state index in [0.717, 1.165) is 34.6 Å². The van der Waals surface area contributed by atoms with Crippen LogP contribution in [-0.4, -0.2) is 23.0 Å². The number of rotatable bonds is 3. The normalized spacial score (nSPS) is 11.9. The molecule has 0 saturated carbocycles. The molecular weight excluding hydrogens is 429 g/mol. The van der Waals surface area contributed by atoms with E-state index >= 15 is 0 Å². The number of hydrogen-bond acceptors (Lipinski definition) is 6. The van der Waals surface area contributed by atoms with Crippen molar-refractivity contribution in [3.8, 4) is 28.8 Å². The van der Waals surface area contributed by atoms with Gasteiger partial charge in [-0.05, 0) is 30.3 Å². The maximum absolute atomic E-state index is 10.7. The minimum atomic E-state index is -6.09. The third-order valence-corrected chi connectivity index (χ3v) is 4.68. The Morgan fingerprint density at radius 2 is 1.47 bits per heavy atom. The van der Waals surface area contributed by atoms with Crippen molar-refractivity contribution in [2.45, 2.75) is 12.4 Å². The van der Waals surface area contributed by atoms with E-state index in [1.54, 1.807) is 18.8 Å². The van der Waals surface area contributed by atoms with Gasteiger partial charge >= 0.3 is 5.51 Å². The molecular formula is C18H15F3N2O6S. The highest BCUT2D eigenvalue weighted by atomic mass is 32.2. The Morgan fingerprint density at radius 3 is 1.90 bits per heavy atom. The van der Waals surface area contributed by atoms with Gasteiger partial charge in [0.2, 0.25) is 11.4 Å². The van der Waals surface area contributed by atoms with Crippen LogP contribution in [0.25, 0.3) is 28.8 Å². The second-order valence-electron chi connectivity index (χ2n) is 5.94. The van der Waals surface area contributed by atoms with Gasteiger partial charge in [-0.3, -0.25) is 0 Å². The molecule has 0 saturated heterocycles. The van der Waals surface area contributed by atoms with Gasteiger partial charge in [-0.25, -0.2) is 13.0 Å². The third kappa shape index (κ3) is 4.04. The van der Waals surface area contributed by atoms with Crippen LogP contribution in [0.3, 0.4) is 0 Å². The highest BCUT2D eigenvalue weighted by Gasteiger charge is 2.37. The van der Waals surface area contributed by atoms with Crippen molar-refractivity contribution < 1.29 is 44.0 Å². The quantitative estimate of drug-likeness (QED) is 0.271. The number of alkyl halides is 3. The van der Waals surface area contributed by atoms with E-state index in [1.165, 1.54) is 0 Å². The first-order valence-electron chi connectivity index (χ1n) is 8.27. The molecule has 160 valence electrons. The number of furan rings is 3. The van der Waals surface area contributed by atoms with Gasteiger partial charge < -0.3 is 17.8 Å². The summed E-state index contributed by atoms with van der Waals surface area (Å²) in [5.74, 6) is 3.28. The first kappa shape index (κ1) is 21.5. The summed E-state index contributed by atoms with van der Waals surface area (Å²) >= 11 is 0. The molecule has 4 aromatic rings. The van der Waals surface area contributed by atoms with E-state index < -0.39 is 15.6 Å². The average molecular weight is 444 g/mol. The second-order valence-corrected chi connectivity index (χ2v) is 7.32. The van der Waals surface area contributed by atoms with Crippen LogP contribution in [0.15, 0.2) is 68.4 Å². The van der Waals surface area contributed by atoms with E-state index in [0.29, 0.717) is 0 Å². The first-order valence-corrected chi connectivity index (χ1v) is 9.68. The van der Waals surface area contributed by atoms with Crippen molar-refractivity contribution >= 4 is 10.1 Å². The standard InChI is InChI=1S/C17H15N2O3.CHF3O3S/c1-12-18(2)16(13-6-3-9-20-13)17(14-7-4-10-21-14)19(12)15-8-5-11-22-15;2-1(3,4)8(5,6)7/h3-11H,1-2H3;(H,5,6,7)/q+1;/p-1. The summed E-state index contributed by atoms with van der Waals surface area (Å²) < 4.78 is 79.9. The lowest BCUT2D eigenvalue weighted by molar-refractivity contribution is -0.604. The lowest BCUT2D eigenvalue weighted by Gasteiger charge is -2.08. The molecule has 12 heteroatoms. The van der Waals surface area contributed by atoms with Gasteiger partial charge in [0.1, 0.15) is 0 Å². The van der Waals surface area contributed by atoms with Crippen LogP contribution < -0.4 is 4.57 Å². The van der Waals surface area contributed by atoms with Crippen LogP contribution >= 0.6 is 0 Å². The zero-order valence-electron chi connectivity index (χ0n) is 15.6. The first-order chi connectivity index (χ1) is 14.0. The molecule has 0 radical (unpaired) electrons. The maximum Gasteiger partial charge on any atom is 0.485 e. The molecule has 8 nitrogen and oxygen atoms in total. The van der Waals surface area contributed by atoms with E-state index in [-0.39, 0.29) is 0 Å². The Labute approximate surface area is 168 Å². The summed E-state index contributed by atoms with van der Waals surface area (Å²) in [5.41, 5.74) is -3.81. The average Bonchev–Trinajstić information content (AvgIpc) is 3.43. The summed E-state index contributed by atoms with van der Waals surface area (Å²) in [7, 11) is -4.09. The van der Waals surface area contributed by atoms with Crippen molar-refractivity contribution in [2.24, 2.45) is 7.05 Å². The molecule has 0 bridgehead atoms. The summed E-state index contributed by atoms with van der Waals surface area (Å²) in [6.07, 6.45) is 4.99. The zero-order chi connectivity index (χ0) is 22.1. The van der Waals surface area contributed by atoms with Gasteiger partial charge in [0.25, 0.3) is 11.7 Å². The number of nitrogens with zero attached hydrogens (tertiary/aromatic N) is 2. The van der Waals surface area contributed by atoms with Crippen molar-refractivity contribution in [1.82, 2.24) is 4.57 Å². The van der Waals surface area contributed by atoms with Crippen molar-refractivity contribution in [1.29, 1.82) is 0 Å². The molecule has 0 aliphatic carbocycles. The zero-order valence-corrected chi connectivity index (χ0v) is 16.4. The molecule has 0 aliphatic heterocycles. The molecule has 0 unspecified atom stereocenters. The summed E-state index contributed by atoms with van der Waals surface area (Å²) in [5, 5.41) is 0. The SMILES string of the molecule is Cc1n(C)c(-c2ccco2)c(-c2ccco2)[n+]1-c1ccco1.O=S(=O)([O-])C(F)(F)F. The van der Waals surface area contributed by atoms with Gasteiger partial charge in [-0.1, -0.05) is 0 Å². The van der Waals surface area contributed by atoms with E-state index in [4.69, 9.17) is 26.2 Å². The van der Waals surface area contributed by atoms with Crippen LogP contribution in [0.1, 0.15) is 5.82 Å². The van der Waals surface area contributed by atoms with Crippen LogP contribution in [-0.2, 0) is 17.2 Å². The van der Waals surface area contributed by atoms with E-state index in [9.17, 15) is 13.2 Å². The fourth-order valence-electron chi connectivity index (χ4n) is 2.74. The monoisotopic (exact) mass is 444 g/mol. The molecule has 4 rings (SSSR count). The summed E-state index contributed by atoms with van der Waals surface area (Å²) in [4.78, 5) is 0. The van der Waals surface area contributed by atoms with Crippen molar-refractivity contribution in [3.05, 3.63) is 61.0 Å². The number of halogens is 3. The van der Waals surface area contributed by atoms with Crippen molar-refractivity contribution in [3.63, 3.8) is 0 Å². The molecule has 0 aliphatic rings.